The van der Waals surface area contributed by atoms with Crippen LogP contribution in [0, 0.1) is 0 Å². The molecule has 0 aliphatic rings. The van der Waals surface area contributed by atoms with E-state index in [1.54, 1.807) is 17.5 Å². The van der Waals surface area contributed by atoms with Gasteiger partial charge in [-0.2, -0.15) is 0 Å². The minimum Gasteiger partial charge on any atom is -0.390 e. The van der Waals surface area contributed by atoms with Crippen molar-refractivity contribution < 1.29 is 9.90 Å². The number of rotatable bonds is 6. The minimum atomic E-state index is -0.434. The first-order valence-corrected chi connectivity index (χ1v) is 8.59. The number of hydrogen-bond acceptors (Lipinski definition) is 7. The normalized spacial score (nSPS) is 12.1. The zero-order chi connectivity index (χ0) is 17.8. The van der Waals surface area contributed by atoms with E-state index in [0.717, 1.165) is 0 Å². The molecule has 0 aromatic carbocycles. The summed E-state index contributed by atoms with van der Waals surface area (Å²) >= 11 is 7.11. The molecule has 0 radical (unpaired) electrons. The van der Waals surface area contributed by atoms with E-state index in [9.17, 15) is 4.79 Å². The smallest absolute Gasteiger partial charge is 0.268 e. The van der Waals surface area contributed by atoms with E-state index in [0.29, 0.717) is 32.9 Å². The Hall–Kier alpha value is -2.33. The molecular weight excluding hydrogens is 364 g/mol. The monoisotopic (exact) mass is 378 g/mol. The Balaban J connectivity index is 1.73. The fourth-order valence-electron chi connectivity index (χ4n) is 2.12. The van der Waals surface area contributed by atoms with Crippen LogP contribution in [0.3, 0.4) is 0 Å². The van der Waals surface area contributed by atoms with E-state index in [1.807, 2.05) is 0 Å². The van der Waals surface area contributed by atoms with Crippen molar-refractivity contribution in [1.82, 2.24) is 25.3 Å². The Bertz CT molecular complexity index is 863. The molecule has 25 heavy (non-hydrogen) atoms. The lowest BCUT2D eigenvalue weighted by Crippen LogP contribution is -2.33. The van der Waals surface area contributed by atoms with E-state index in [1.165, 1.54) is 23.7 Å². The number of carbonyl (C=O) groups is 1. The first kappa shape index (κ1) is 17.5. The number of aromatic amines is 1. The van der Waals surface area contributed by atoms with Gasteiger partial charge in [0.15, 0.2) is 5.82 Å². The number of nitrogens with zero attached hydrogens (tertiary/aromatic N) is 3. The topological polar surface area (TPSA) is 130 Å². The van der Waals surface area contributed by atoms with Gasteiger partial charge in [-0.05, 0) is 12.1 Å². The maximum atomic E-state index is 12.4. The van der Waals surface area contributed by atoms with E-state index >= 15 is 0 Å². The fraction of sp³-hybridized carbons (Fsp3) is 0.200. The molecule has 0 aliphatic carbocycles. The number of nitrogens with one attached hydrogen (secondary N) is 2. The van der Waals surface area contributed by atoms with Crippen LogP contribution in [-0.2, 0) is 6.61 Å². The predicted octanol–water partition coefficient (Wildman–Crippen LogP) is 1.50. The first-order valence-electron chi connectivity index (χ1n) is 7.33. The maximum absolute atomic E-state index is 12.4. The summed E-state index contributed by atoms with van der Waals surface area (Å²) in [6, 6.07) is 2.91. The van der Waals surface area contributed by atoms with Crippen LogP contribution in [0.15, 0.2) is 29.9 Å². The second-order valence-corrected chi connectivity index (χ2v) is 6.43. The molecule has 0 bridgehead atoms. The summed E-state index contributed by atoms with van der Waals surface area (Å²) in [6.45, 7) is 0.0425. The third-order valence-corrected chi connectivity index (χ3v) is 4.56. The van der Waals surface area contributed by atoms with Crippen molar-refractivity contribution in [3.8, 4) is 11.5 Å². The van der Waals surface area contributed by atoms with E-state index in [4.69, 9.17) is 22.4 Å². The lowest BCUT2D eigenvalue weighted by molar-refractivity contribution is 0.0933. The van der Waals surface area contributed by atoms with E-state index < -0.39 is 6.04 Å². The molecule has 5 N–H and O–H groups in total. The SMILES string of the molecule is NCC(NC(=O)c1ccc(-c2ncc(Cl)cn2)[nH]1)c1nc(CO)cs1. The van der Waals surface area contributed by atoms with Gasteiger partial charge in [0.05, 0.1) is 29.1 Å². The lowest BCUT2D eigenvalue weighted by Gasteiger charge is -2.13. The number of halogens is 1. The van der Waals surface area contributed by atoms with Gasteiger partial charge in [-0.3, -0.25) is 4.79 Å². The molecule has 8 nitrogen and oxygen atoms in total. The van der Waals surface area contributed by atoms with Crippen LogP contribution in [0.5, 0.6) is 0 Å². The molecule has 1 amide bonds. The van der Waals surface area contributed by atoms with Crippen LogP contribution in [0.4, 0.5) is 0 Å². The molecule has 0 saturated carbocycles. The molecule has 3 heterocycles. The van der Waals surface area contributed by atoms with Crippen LogP contribution in [0.25, 0.3) is 11.5 Å². The van der Waals surface area contributed by atoms with Gasteiger partial charge in [0, 0.05) is 24.3 Å². The molecule has 0 spiro atoms. The van der Waals surface area contributed by atoms with Crippen LogP contribution in [-0.4, -0.2) is 37.5 Å². The Morgan fingerprint density at radius 3 is 2.80 bits per heavy atom. The van der Waals surface area contributed by atoms with Crippen LogP contribution >= 0.6 is 22.9 Å². The number of amides is 1. The summed E-state index contributed by atoms with van der Waals surface area (Å²) in [6.07, 6.45) is 2.96. The van der Waals surface area contributed by atoms with Crippen LogP contribution in [0.2, 0.25) is 5.02 Å². The third-order valence-electron chi connectivity index (χ3n) is 3.36. The zero-order valence-electron chi connectivity index (χ0n) is 12.9. The van der Waals surface area contributed by atoms with E-state index in [-0.39, 0.29) is 19.1 Å². The highest BCUT2D eigenvalue weighted by Crippen LogP contribution is 2.19. The molecule has 0 saturated heterocycles. The first-order chi connectivity index (χ1) is 12.1. The van der Waals surface area contributed by atoms with Crippen molar-refractivity contribution in [2.75, 3.05) is 6.54 Å². The molecule has 10 heteroatoms. The number of aromatic nitrogens is 4. The zero-order valence-corrected chi connectivity index (χ0v) is 14.5. The highest BCUT2D eigenvalue weighted by Gasteiger charge is 2.19. The molecule has 3 aromatic rings. The highest BCUT2D eigenvalue weighted by molar-refractivity contribution is 7.09. The van der Waals surface area contributed by atoms with E-state index in [2.05, 4.69) is 25.3 Å². The van der Waals surface area contributed by atoms with Gasteiger partial charge in [-0.25, -0.2) is 15.0 Å². The molecule has 3 aromatic heterocycles. The van der Waals surface area contributed by atoms with Crippen molar-refractivity contribution in [2.45, 2.75) is 12.6 Å². The van der Waals surface area contributed by atoms with Gasteiger partial charge in [-0.15, -0.1) is 11.3 Å². The standard InChI is InChI=1S/C15H15ClN6O2S/c16-8-4-18-13(19-5-8)10-1-2-11(21-10)14(24)22-12(3-17)15-20-9(6-23)7-25-15/h1-2,4-5,7,12,21,23H,3,6,17H2,(H,22,24). The molecule has 130 valence electrons. The largest absolute Gasteiger partial charge is 0.390 e. The fourth-order valence-corrected chi connectivity index (χ4v) is 3.09. The second-order valence-electron chi connectivity index (χ2n) is 5.11. The van der Waals surface area contributed by atoms with Gasteiger partial charge in [0.1, 0.15) is 10.7 Å². The number of carbonyl (C=O) groups excluding carboxylic acids is 1. The number of aliphatic hydroxyl groups is 1. The summed E-state index contributed by atoms with van der Waals surface area (Å²) in [5, 5.41) is 14.7. The van der Waals surface area contributed by atoms with Crippen LogP contribution < -0.4 is 11.1 Å². The van der Waals surface area contributed by atoms with Crippen molar-refractivity contribution in [2.24, 2.45) is 5.73 Å². The molecule has 3 rings (SSSR count). The maximum Gasteiger partial charge on any atom is 0.268 e. The Morgan fingerprint density at radius 2 is 2.16 bits per heavy atom. The van der Waals surface area contributed by atoms with Crippen molar-refractivity contribution in [1.29, 1.82) is 0 Å². The quantitative estimate of drug-likeness (QED) is 0.514. The summed E-state index contributed by atoms with van der Waals surface area (Å²) in [7, 11) is 0. The second kappa shape index (κ2) is 7.70. The summed E-state index contributed by atoms with van der Waals surface area (Å²) in [5.74, 6) is 0.114. The average molecular weight is 379 g/mol. The Kier molecular flexibility index (Phi) is 5.39. The number of H-pyrrole nitrogens is 1. The molecule has 0 fully saturated rings. The minimum absolute atomic E-state index is 0.150. The van der Waals surface area contributed by atoms with Gasteiger partial charge in [0.2, 0.25) is 0 Å². The van der Waals surface area contributed by atoms with Gasteiger partial charge >= 0.3 is 0 Å². The van der Waals surface area contributed by atoms with Crippen molar-refractivity contribution >= 4 is 28.8 Å². The number of hydrogen-bond donors (Lipinski definition) is 4. The Morgan fingerprint density at radius 1 is 1.40 bits per heavy atom. The van der Waals surface area contributed by atoms with Gasteiger partial charge in [0.25, 0.3) is 5.91 Å². The number of aliphatic hydroxyl groups excluding tert-OH is 1. The summed E-state index contributed by atoms with van der Waals surface area (Å²) in [5.41, 5.74) is 7.24. The Labute approximate surface area is 152 Å². The summed E-state index contributed by atoms with van der Waals surface area (Å²) < 4.78 is 0. The molecule has 1 atom stereocenters. The lowest BCUT2D eigenvalue weighted by atomic mass is 10.3. The number of thiazole rings is 1. The molecule has 0 aliphatic heterocycles. The summed E-state index contributed by atoms with van der Waals surface area (Å²) in [4.78, 5) is 27.8. The average Bonchev–Trinajstić information content (AvgIpc) is 3.29. The van der Waals surface area contributed by atoms with Crippen molar-refractivity contribution in [3.63, 3.8) is 0 Å². The third kappa shape index (κ3) is 4.02. The van der Waals surface area contributed by atoms with Crippen molar-refractivity contribution in [3.05, 3.63) is 51.3 Å². The predicted molar refractivity (Wildman–Crippen MR) is 94.1 cm³/mol. The highest BCUT2D eigenvalue weighted by atomic mass is 35.5. The van der Waals surface area contributed by atoms with Gasteiger partial charge in [-0.1, -0.05) is 11.6 Å². The van der Waals surface area contributed by atoms with Gasteiger partial charge < -0.3 is 21.1 Å². The molecular formula is C15H15ClN6O2S. The molecule has 1 unspecified atom stereocenters. The van der Waals surface area contributed by atoms with Crippen LogP contribution in [0.1, 0.15) is 27.2 Å². The number of nitrogens with two attached hydrogens (primary N) is 1.